The number of hydrogen-bond donors (Lipinski definition) is 0. The molecule has 2 nitrogen and oxygen atoms in total. The van der Waals surface area contributed by atoms with Gasteiger partial charge in [0.25, 0.3) is 0 Å². The topological polar surface area (TPSA) is 18.5 Å². The smallest absolute Gasteiger partial charge is 0.349 e. The van der Waals surface area contributed by atoms with E-state index < -0.39 is 68.7 Å². The van der Waals surface area contributed by atoms with Crippen LogP contribution in [0.4, 0.5) is 22.0 Å². The fourth-order valence-electron chi connectivity index (χ4n) is 6.22. The SMILES string of the molecule is Fc1c(F)c(F)c(CB(OS(c2ccccc2)(c2ccccc2)c2ccccc2)OS(c2ccccc2)(c2ccccc2)c2ccccc2)c(F)c1F. The van der Waals surface area contributed by atoms with Crippen LogP contribution in [0.3, 0.4) is 0 Å². The van der Waals surface area contributed by atoms with Crippen molar-refractivity contribution in [3.05, 3.63) is 217 Å². The molecule has 7 aromatic carbocycles. The average molecular weight is 751 g/mol. The van der Waals surface area contributed by atoms with Crippen LogP contribution >= 0.6 is 20.6 Å². The molecule has 0 saturated carbocycles. The van der Waals surface area contributed by atoms with Gasteiger partial charge in [-0.1, -0.05) is 130 Å². The van der Waals surface area contributed by atoms with Gasteiger partial charge >= 0.3 is 7.12 Å². The Balaban J connectivity index is 1.54. The highest BCUT2D eigenvalue weighted by atomic mass is 32.3. The highest BCUT2D eigenvalue weighted by molar-refractivity contribution is 8.31. The molecular formula is C43H32BF5O2S2. The predicted molar refractivity (Wildman–Crippen MR) is 201 cm³/mol. The fourth-order valence-corrected chi connectivity index (χ4v) is 12.7. The minimum absolute atomic E-state index is 0.725. The lowest BCUT2D eigenvalue weighted by atomic mass is 9.81. The molecule has 10 heteroatoms. The van der Waals surface area contributed by atoms with Crippen LogP contribution in [0.2, 0.25) is 0 Å². The van der Waals surface area contributed by atoms with Crippen molar-refractivity contribution in [1.29, 1.82) is 0 Å². The summed E-state index contributed by atoms with van der Waals surface area (Å²) in [6.07, 6.45) is -0.825. The van der Waals surface area contributed by atoms with Crippen LogP contribution in [-0.4, -0.2) is 7.12 Å². The normalized spacial score (nSPS) is 12.3. The molecule has 266 valence electrons. The third kappa shape index (κ3) is 6.91. The maximum Gasteiger partial charge on any atom is 0.483 e. The van der Waals surface area contributed by atoms with Gasteiger partial charge in [0.05, 0.1) is 0 Å². The van der Waals surface area contributed by atoms with E-state index in [1.54, 1.807) is 0 Å². The number of rotatable bonds is 12. The molecule has 0 aromatic heterocycles. The zero-order valence-corrected chi connectivity index (χ0v) is 29.8. The van der Waals surface area contributed by atoms with Crippen molar-refractivity contribution >= 4 is 27.7 Å². The first kappa shape index (κ1) is 36.2. The van der Waals surface area contributed by atoms with E-state index in [-0.39, 0.29) is 0 Å². The highest BCUT2D eigenvalue weighted by Gasteiger charge is 2.44. The van der Waals surface area contributed by atoms with Crippen LogP contribution in [0.15, 0.2) is 211 Å². The van der Waals surface area contributed by atoms with Crippen molar-refractivity contribution in [3.63, 3.8) is 0 Å². The number of hydrogen-bond acceptors (Lipinski definition) is 2. The Kier molecular flexibility index (Phi) is 10.8. The van der Waals surface area contributed by atoms with E-state index in [2.05, 4.69) is 0 Å². The Morgan fingerprint density at radius 3 is 0.755 bits per heavy atom. The molecule has 0 radical (unpaired) electrons. The minimum atomic E-state index is -2.84. The van der Waals surface area contributed by atoms with Gasteiger partial charge in [0.2, 0.25) is 5.82 Å². The van der Waals surface area contributed by atoms with Gasteiger partial charge < -0.3 is 8.20 Å². The van der Waals surface area contributed by atoms with Crippen LogP contribution in [0.1, 0.15) is 5.56 Å². The molecule has 0 amide bonds. The van der Waals surface area contributed by atoms with Gasteiger partial charge in [0.15, 0.2) is 23.3 Å². The van der Waals surface area contributed by atoms with E-state index >= 15 is 8.78 Å². The molecule has 0 heterocycles. The van der Waals surface area contributed by atoms with Gasteiger partial charge in [-0.2, -0.15) is 0 Å². The Bertz CT molecular complexity index is 1920. The lowest BCUT2D eigenvalue weighted by Gasteiger charge is -2.47. The van der Waals surface area contributed by atoms with Crippen molar-refractivity contribution in [1.82, 2.24) is 0 Å². The van der Waals surface area contributed by atoms with E-state index in [1.807, 2.05) is 182 Å². The van der Waals surface area contributed by atoms with E-state index in [0.29, 0.717) is 0 Å². The second-order valence-corrected chi connectivity index (χ2v) is 17.3. The largest absolute Gasteiger partial charge is 0.483 e. The second-order valence-electron chi connectivity index (χ2n) is 11.9. The minimum Gasteiger partial charge on any atom is -0.349 e. The zero-order valence-electron chi connectivity index (χ0n) is 28.1. The lowest BCUT2D eigenvalue weighted by molar-refractivity contribution is 0.369. The first-order valence-corrected chi connectivity index (χ1v) is 19.8. The fraction of sp³-hybridized carbons (Fsp3) is 0.0233. The van der Waals surface area contributed by atoms with Gasteiger partial charge in [-0.25, -0.2) is 22.0 Å². The summed E-state index contributed by atoms with van der Waals surface area (Å²) in [5.74, 6) is -10.2. The molecule has 0 unspecified atom stereocenters. The maximum atomic E-state index is 15.7. The van der Waals surface area contributed by atoms with Crippen molar-refractivity contribution < 1.29 is 30.2 Å². The quantitative estimate of drug-likeness (QED) is 0.0536. The molecule has 0 aliphatic carbocycles. The Hall–Kier alpha value is -5.13. The molecule has 0 saturated heterocycles. The van der Waals surface area contributed by atoms with Gasteiger partial charge in [0, 0.05) is 41.3 Å². The van der Waals surface area contributed by atoms with Crippen molar-refractivity contribution in [2.45, 2.75) is 35.7 Å². The standard InChI is InChI=1S/C43H32BF5O2S2/c45-39-38(40(46)42(48)43(49)41(39)47)31-44(50-52(32-19-7-1-8-20-32,33-21-9-2-10-22-33)34-23-11-3-12-24-34)51-53(35-25-13-4-14-26-35,36-27-15-5-16-28-36)37-29-17-6-18-30-37/h1-30H,31H2. The first-order valence-electron chi connectivity index (χ1n) is 16.7. The molecule has 0 fully saturated rings. The summed E-state index contributed by atoms with van der Waals surface area (Å²) in [7, 11) is -7.29. The summed E-state index contributed by atoms with van der Waals surface area (Å²) in [6, 6.07) is 56.3. The average Bonchev–Trinajstić information content (AvgIpc) is 3.23. The Labute approximate surface area is 309 Å². The molecule has 7 rings (SSSR count). The Morgan fingerprint density at radius 2 is 0.528 bits per heavy atom. The van der Waals surface area contributed by atoms with E-state index in [1.165, 1.54) is 0 Å². The third-order valence-electron chi connectivity index (χ3n) is 8.63. The first-order chi connectivity index (χ1) is 25.9. The summed E-state index contributed by atoms with van der Waals surface area (Å²) >= 11 is 0. The zero-order chi connectivity index (χ0) is 36.8. The molecule has 0 bridgehead atoms. The van der Waals surface area contributed by atoms with Gasteiger partial charge in [-0.05, 0) is 72.8 Å². The molecule has 53 heavy (non-hydrogen) atoms. The second kappa shape index (κ2) is 15.9. The molecule has 0 atom stereocenters. The van der Waals surface area contributed by atoms with Crippen LogP contribution in [0, 0.1) is 29.1 Å². The van der Waals surface area contributed by atoms with Gasteiger partial charge in [-0.15, -0.1) is 0 Å². The van der Waals surface area contributed by atoms with Crippen LogP contribution in [-0.2, 0) is 14.5 Å². The van der Waals surface area contributed by atoms with Crippen molar-refractivity contribution in [2.75, 3.05) is 0 Å². The third-order valence-corrected chi connectivity index (χ3v) is 15.2. The number of benzene rings is 7. The molecule has 0 N–H and O–H groups in total. The molecule has 0 aliphatic rings. The summed E-state index contributed by atoms with van der Waals surface area (Å²) < 4.78 is 90.4. The van der Waals surface area contributed by atoms with Gasteiger partial charge in [0.1, 0.15) is 0 Å². The summed E-state index contributed by atoms with van der Waals surface area (Å²) in [5.41, 5.74) is -1.05. The molecule has 0 aliphatic heterocycles. The summed E-state index contributed by atoms with van der Waals surface area (Å²) in [6.45, 7) is 0. The maximum absolute atomic E-state index is 15.7. The van der Waals surface area contributed by atoms with Gasteiger partial charge in [-0.3, -0.25) is 0 Å². The van der Waals surface area contributed by atoms with Crippen LogP contribution < -0.4 is 0 Å². The summed E-state index contributed by atoms with van der Waals surface area (Å²) in [5, 5.41) is 0. The van der Waals surface area contributed by atoms with Crippen molar-refractivity contribution in [2.24, 2.45) is 0 Å². The Morgan fingerprint density at radius 1 is 0.321 bits per heavy atom. The molecular weight excluding hydrogens is 718 g/mol. The number of halogens is 5. The molecule has 0 spiro atoms. The van der Waals surface area contributed by atoms with E-state index in [0.717, 1.165) is 29.4 Å². The van der Waals surface area contributed by atoms with E-state index in [9.17, 15) is 13.2 Å². The van der Waals surface area contributed by atoms with Crippen molar-refractivity contribution in [3.8, 4) is 0 Å². The monoisotopic (exact) mass is 750 g/mol. The highest BCUT2D eigenvalue weighted by Crippen LogP contribution is 2.73. The van der Waals surface area contributed by atoms with Crippen LogP contribution in [0.25, 0.3) is 0 Å². The van der Waals surface area contributed by atoms with E-state index in [4.69, 9.17) is 8.20 Å². The predicted octanol–water partition coefficient (Wildman–Crippen LogP) is 12.8. The summed E-state index contributed by atoms with van der Waals surface area (Å²) in [4.78, 5) is 4.35. The van der Waals surface area contributed by atoms with Crippen LogP contribution in [0.5, 0.6) is 0 Å². The molecule has 7 aromatic rings. The lowest BCUT2D eigenvalue weighted by Crippen LogP contribution is -2.32.